The second kappa shape index (κ2) is 6.30. The Hall–Kier alpha value is -1.69. The maximum absolute atomic E-state index is 11.6. The summed E-state index contributed by atoms with van der Waals surface area (Å²) in [6.07, 6.45) is 0. The quantitative estimate of drug-likeness (QED) is 0.837. The van der Waals surface area contributed by atoms with Gasteiger partial charge in [-0.05, 0) is 25.0 Å². The van der Waals surface area contributed by atoms with Crippen LogP contribution in [0.25, 0.3) is 0 Å². The molecule has 5 nitrogen and oxygen atoms in total. The Morgan fingerprint density at radius 1 is 1.22 bits per heavy atom. The Bertz CT molecular complexity index is 479. The van der Waals surface area contributed by atoms with Crippen LogP contribution in [0.4, 0.5) is 5.69 Å². The molecule has 0 heterocycles. The lowest BCUT2D eigenvalue weighted by Gasteiger charge is -2.10. The van der Waals surface area contributed by atoms with Crippen molar-refractivity contribution in [2.45, 2.75) is 13.8 Å². The lowest BCUT2D eigenvalue weighted by molar-refractivity contribution is -0.133. The van der Waals surface area contributed by atoms with Crippen LogP contribution in [0.2, 0.25) is 0 Å². The Morgan fingerprint density at radius 3 is 2.28 bits per heavy atom. The molecule has 2 N–H and O–H groups in total. The first-order valence-electron chi connectivity index (χ1n) is 5.33. The predicted octanol–water partition coefficient (Wildman–Crippen LogP) is 1.08. The summed E-state index contributed by atoms with van der Waals surface area (Å²) in [6.45, 7) is 3.72. The Kier molecular flexibility index (Phi) is 5.03. The van der Waals surface area contributed by atoms with Gasteiger partial charge < -0.3 is 10.4 Å². The number of carbonyl (C=O) groups excluding carboxylic acids is 1. The Labute approximate surface area is 108 Å². The highest BCUT2D eigenvalue weighted by molar-refractivity contribution is 7.86. The summed E-state index contributed by atoms with van der Waals surface area (Å²) in [5, 5.41) is 11.1. The molecule has 1 amide bonds. The summed E-state index contributed by atoms with van der Waals surface area (Å²) in [6, 6.07) is 5.59. The van der Waals surface area contributed by atoms with Gasteiger partial charge in [0.25, 0.3) is 0 Å². The van der Waals surface area contributed by atoms with Crippen LogP contribution in [0.5, 0.6) is 0 Å². The predicted molar refractivity (Wildman–Crippen MR) is 70.1 cm³/mol. The molecule has 0 aliphatic heterocycles. The number of aliphatic carboxylic acids is 1. The lowest BCUT2D eigenvalue weighted by atomic mass is 10.1. The third kappa shape index (κ3) is 4.29. The van der Waals surface area contributed by atoms with E-state index in [0.717, 1.165) is 11.1 Å². The number of para-hydroxylation sites is 1. The third-order valence-corrected chi connectivity index (χ3v) is 3.48. The zero-order valence-corrected chi connectivity index (χ0v) is 11.0. The molecule has 0 aromatic heterocycles. The van der Waals surface area contributed by atoms with Crippen LogP contribution in [0.1, 0.15) is 11.1 Å². The van der Waals surface area contributed by atoms with Gasteiger partial charge in [0.05, 0.1) is 0 Å². The summed E-state index contributed by atoms with van der Waals surface area (Å²) in [5.74, 6) is -2.43. The van der Waals surface area contributed by atoms with E-state index in [-0.39, 0.29) is 5.75 Å². The van der Waals surface area contributed by atoms with Gasteiger partial charge in [-0.25, -0.2) is 0 Å². The second-order valence-electron chi connectivity index (χ2n) is 3.94. The lowest BCUT2D eigenvalue weighted by Crippen LogP contribution is -2.23. The van der Waals surface area contributed by atoms with Crippen molar-refractivity contribution >= 4 is 28.4 Å². The number of benzene rings is 1. The third-order valence-electron chi connectivity index (χ3n) is 2.32. The van der Waals surface area contributed by atoms with Gasteiger partial charge in [-0.3, -0.25) is 13.8 Å². The van der Waals surface area contributed by atoms with Crippen LogP contribution in [0, 0.1) is 13.8 Å². The number of amides is 1. The zero-order valence-electron chi connectivity index (χ0n) is 10.2. The summed E-state index contributed by atoms with van der Waals surface area (Å²) >= 11 is 0. The van der Waals surface area contributed by atoms with Crippen molar-refractivity contribution in [3.63, 3.8) is 0 Å². The normalized spacial score (nSPS) is 11.9. The van der Waals surface area contributed by atoms with Crippen molar-refractivity contribution in [3.8, 4) is 0 Å². The van der Waals surface area contributed by atoms with E-state index in [1.54, 1.807) is 0 Å². The number of nitrogens with one attached hydrogen (secondary N) is 1. The molecule has 0 radical (unpaired) electrons. The van der Waals surface area contributed by atoms with Gasteiger partial charge in [-0.15, -0.1) is 0 Å². The van der Waals surface area contributed by atoms with Crippen LogP contribution < -0.4 is 5.32 Å². The highest BCUT2D eigenvalue weighted by Gasteiger charge is 2.13. The largest absolute Gasteiger partial charge is 0.481 e. The topological polar surface area (TPSA) is 83.5 Å². The van der Waals surface area contributed by atoms with E-state index >= 15 is 0 Å². The SMILES string of the molecule is Cc1cccc(C)c1NC(=O)CS(=O)CC(=O)O. The maximum Gasteiger partial charge on any atom is 0.316 e. The molecule has 6 heteroatoms. The second-order valence-corrected chi connectivity index (χ2v) is 5.39. The number of carbonyl (C=O) groups is 2. The van der Waals surface area contributed by atoms with Crippen molar-refractivity contribution in [1.29, 1.82) is 0 Å². The van der Waals surface area contributed by atoms with Gasteiger partial charge in [-0.2, -0.15) is 0 Å². The van der Waals surface area contributed by atoms with Crippen molar-refractivity contribution in [2.75, 3.05) is 16.8 Å². The molecule has 0 saturated heterocycles. The van der Waals surface area contributed by atoms with Crippen LogP contribution in [-0.2, 0) is 20.4 Å². The standard InChI is InChI=1S/C12H15NO4S/c1-8-4-3-5-9(2)12(8)13-10(14)6-18(17)7-11(15)16/h3-5H,6-7H2,1-2H3,(H,13,14)(H,15,16). The minimum Gasteiger partial charge on any atom is -0.481 e. The monoisotopic (exact) mass is 269 g/mol. The molecule has 1 atom stereocenters. The fourth-order valence-electron chi connectivity index (χ4n) is 1.52. The molecule has 0 saturated carbocycles. The smallest absolute Gasteiger partial charge is 0.316 e. The van der Waals surface area contributed by atoms with E-state index in [2.05, 4.69) is 5.32 Å². The molecule has 0 aliphatic rings. The first-order valence-corrected chi connectivity index (χ1v) is 6.82. The molecule has 0 spiro atoms. The molecular weight excluding hydrogens is 254 g/mol. The Morgan fingerprint density at radius 2 is 1.78 bits per heavy atom. The first kappa shape index (κ1) is 14.4. The minimum atomic E-state index is -1.68. The number of anilines is 1. The van der Waals surface area contributed by atoms with Gasteiger partial charge >= 0.3 is 5.97 Å². The van der Waals surface area contributed by atoms with Gasteiger partial charge in [0, 0.05) is 16.5 Å². The molecule has 1 aromatic carbocycles. The first-order chi connectivity index (χ1) is 8.40. The van der Waals surface area contributed by atoms with Crippen LogP contribution in [0.3, 0.4) is 0 Å². The van der Waals surface area contributed by atoms with Gasteiger partial charge in [0.2, 0.25) is 5.91 Å². The van der Waals surface area contributed by atoms with Gasteiger partial charge in [0.1, 0.15) is 11.5 Å². The maximum atomic E-state index is 11.6. The minimum absolute atomic E-state index is 0.305. The summed E-state index contributed by atoms with van der Waals surface area (Å²) in [7, 11) is -1.68. The molecular formula is C12H15NO4S. The Balaban J connectivity index is 2.65. The summed E-state index contributed by atoms with van der Waals surface area (Å²) < 4.78 is 11.3. The molecule has 1 rings (SSSR count). The molecule has 0 fully saturated rings. The molecule has 18 heavy (non-hydrogen) atoms. The molecule has 1 aromatic rings. The number of aryl methyl sites for hydroxylation is 2. The van der Waals surface area contributed by atoms with Crippen LogP contribution >= 0.6 is 0 Å². The summed E-state index contributed by atoms with van der Waals surface area (Å²) in [4.78, 5) is 21.9. The number of carboxylic acid groups (broad SMARTS) is 1. The average molecular weight is 269 g/mol. The fraction of sp³-hybridized carbons (Fsp3) is 0.333. The van der Waals surface area contributed by atoms with Crippen molar-refractivity contribution in [2.24, 2.45) is 0 Å². The van der Waals surface area contributed by atoms with Crippen LogP contribution in [-0.4, -0.2) is 32.7 Å². The van der Waals surface area contributed by atoms with Crippen molar-refractivity contribution in [1.82, 2.24) is 0 Å². The van der Waals surface area contributed by atoms with Crippen molar-refractivity contribution in [3.05, 3.63) is 29.3 Å². The molecule has 0 bridgehead atoms. The fourth-order valence-corrected chi connectivity index (χ4v) is 2.26. The molecule has 98 valence electrons. The van der Waals surface area contributed by atoms with E-state index in [4.69, 9.17) is 5.11 Å². The number of hydrogen-bond donors (Lipinski definition) is 2. The summed E-state index contributed by atoms with van der Waals surface area (Å²) in [5.41, 5.74) is 2.51. The van der Waals surface area contributed by atoms with Crippen LogP contribution in [0.15, 0.2) is 18.2 Å². The number of carboxylic acids is 1. The highest BCUT2D eigenvalue weighted by Crippen LogP contribution is 2.19. The molecule has 1 unspecified atom stereocenters. The van der Waals surface area contributed by atoms with E-state index in [0.29, 0.717) is 5.69 Å². The zero-order chi connectivity index (χ0) is 13.7. The highest BCUT2D eigenvalue weighted by atomic mass is 32.2. The average Bonchev–Trinajstić information content (AvgIpc) is 2.22. The van der Waals surface area contributed by atoms with Gasteiger partial charge in [-0.1, -0.05) is 18.2 Å². The van der Waals surface area contributed by atoms with E-state index in [9.17, 15) is 13.8 Å². The van der Waals surface area contributed by atoms with E-state index in [1.165, 1.54) is 0 Å². The molecule has 0 aliphatic carbocycles. The van der Waals surface area contributed by atoms with Crippen molar-refractivity contribution < 1.29 is 18.9 Å². The number of hydrogen-bond acceptors (Lipinski definition) is 3. The number of rotatable bonds is 5. The van der Waals surface area contributed by atoms with E-state index < -0.39 is 28.4 Å². The van der Waals surface area contributed by atoms with Gasteiger partial charge in [0.15, 0.2) is 0 Å². The van der Waals surface area contributed by atoms with E-state index in [1.807, 2.05) is 32.0 Å².